The van der Waals surface area contributed by atoms with Crippen LogP contribution in [0.15, 0.2) is 18.2 Å². The van der Waals surface area contributed by atoms with Crippen LogP contribution in [0, 0.1) is 17.6 Å². The highest BCUT2D eigenvalue weighted by molar-refractivity contribution is 5.25. The summed E-state index contributed by atoms with van der Waals surface area (Å²) in [6.45, 7) is 0.107. The van der Waals surface area contributed by atoms with Gasteiger partial charge in [-0.25, -0.2) is 8.78 Å². The molecule has 2 N–H and O–H groups in total. The van der Waals surface area contributed by atoms with Gasteiger partial charge in [-0.05, 0) is 43.7 Å². The van der Waals surface area contributed by atoms with Crippen LogP contribution in [-0.4, -0.2) is 29.9 Å². The smallest absolute Gasteiger partial charge is 0.165 e. The number of nitrogens with one attached hydrogen (secondary N) is 1. The van der Waals surface area contributed by atoms with Gasteiger partial charge in [-0.2, -0.15) is 0 Å². The molecule has 5 heteroatoms. The van der Waals surface area contributed by atoms with Crippen LogP contribution in [0.5, 0.6) is 5.75 Å². The number of ether oxygens (including phenoxy) is 1. The number of hydrogen-bond donors (Lipinski definition) is 2. The zero-order chi connectivity index (χ0) is 14.2. The number of hydrogen-bond acceptors (Lipinski definition) is 3. The topological polar surface area (TPSA) is 41.5 Å². The lowest BCUT2D eigenvalue weighted by molar-refractivity contribution is 0.0812. The Morgan fingerprint density at radius 3 is 2.60 bits per heavy atom. The molecule has 1 aromatic rings. The highest BCUT2D eigenvalue weighted by Gasteiger charge is 2.48. The summed E-state index contributed by atoms with van der Waals surface area (Å²) >= 11 is 0. The van der Waals surface area contributed by atoms with E-state index >= 15 is 0 Å². The predicted octanol–water partition coefficient (Wildman–Crippen LogP) is 2.24. The van der Waals surface area contributed by atoms with Crippen LogP contribution in [0.1, 0.15) is 25.7 Å². The lowest BCUT2D eigenvalue weighted by atomic mass is 9.95. The third kappa shape index (κ3) is 2.94. The van der Waals surface area contributed by atoms with Gasteiger partial charge in [0.1, 0.15) is 12.4 Å². The standard InChI is InChI=1S/C15H19F2NO2/c16-11-3-6-13(17)14(7-11)20-9-15(8-19,10-1-2-10)18-12-4-5-12/h3,6-7,10,12,18-19H,1-2,4-5,8-9H2. The largest absolute Gasteiger partial charge is 0.488 e. The van der Waals surface area contributed by atoms with Gasteiger partial charge in [-0.3, -0.25) is 0 Å². The Kier molecular flexibility index (Phi) is 3.65. The van der Waals surface area contributed by atoms with Crippen molar-refractivity contribution < 1.29 is 18.6 Å². The Bertz CT molecular complexity index is 489. The van der Waals surface area contributed by atoms with E-state index in [9.17, 15) is 13.9 Å². The summed E-state index contributed by atoms with van der Waals surface area (Å²) in [5, 5.41) is 13.2. The molecule has 2 aliphatic rings. The maximum Gasteiger partial charge on any atom is 0.165 e. The van der Waals surface area contributed by atoms with Gasteiger partial charge in [-0.15, -0.1) is 0 Å². The number of benzene rings is 1. The quantitative estimate of drug-likeness (QED) is 0.806. The van der Waals surface area contributed by atoms with Crippen molar-refractivity contribution in [3.8, 4) is 5.75 Å². The third-order valence-electron chi connectivity index (χ3n) is 4.09. The summed E-state index contributed by atoms with van der Waals surface area (Å²) in [4.78, 5) is 0. The van der Waals surface area contributed by atoms with Crippen molar-refractivity contribution in [1.82, 2.24) is 5.32 Å². The van der Waals surface area contributed by atoms with Crippen molar-refractivity contribution >= 4 is 0 Å². The molecule has 1 unspecified atom stereocenters. The van der Waals surface area contributed by atoms with Gasteiger partial charge in [0.2, 0.25) is 0 Å². The van der Waals surface area contributed by atoms with Crippen LogP contribution in [0.3, 0.4) is 0 Å². The van der Waals surface area contributed by atoms with Gasteiger partial charge in [0.15, 0.2) is 11.6 Å². The van der Waals surface area contributed by atoms with E-state index in [-0.39, 0.29) is 19.0 Å². The van der Waals surface area contributed by atoms with Crippen molar-refractivity contribution in [3.63, 3.8) is 0 Å². The zero-order valence-corrected chi connectivity index (χ0v) is 11.2. The van der Waals surface area contributed by atoms with E-state index in [1.54, 1.807) is 0 Å². The normalized spacial score (nSPS) is 21.6. The van der Waals surface area contributed by atoms with E-state index in [1.165, 1.54) is 0 Å². The molecule has 2 aliphatic carbocycles. The lowest BCUT2D eigenvalue weighted by Crippen LogP contribution is -2.56. The minimum Gasteiger partial charge on any atom is -0.488 e. The first kappa shape index (κ1) is 13.8. The SMILES string of the molecule is OCC(COc1cc(F)ccc1F)(NC1CC1)C1CC1. The molecule has 0 amide bonds. The molecule has 110 valence electrons. The van der Waals surface area contributed by atoms with Gasteiger partial charge >= 0.3 is 0 Å². The zero-order valence-electron chi connectivity index (χ0n) is 11.2. The molecule has 0 saturated heterocycles. The van der Waals surface area contributed by atoms with Crippen LogP contribution >= 0.6 is 0 Å². The Morgan fingerprint density at radius 1 is 1.25 bits per heavy atom. The molecule has 3 nitrogen and oxygen atoms in total. The minimum absolute atomic E-state index is 0.0505. The number of aliphatic hydroxyl groups is 1. The molecule has 3 rings (SSSR count). The second-order valence-electron chi connectivity index (χ2n) is 5.87. The fourth-order valence-electron chi connectivity index (χ4n) is 2.56. The molecule has 0 radical (unpaired) electrons. The van der Waals surface area contributed by atoms with E-state index in [0.29, 0.717) is 12.0 Å². The van der Waals surface area contributed by atoms with Gasteiger partial charge in [0.25, 0.3) is 0 Å². The maximum atomic E-state index is 13.6. The van der Waals surface area contributed by atoms with E-state index in [0.717, 1.165) is 43.9 Å². The highest BCUT2D eigenvalue weighted by Crippen LogP contribution is 2.41. The predicted molar refractivity (Wildman–Crippen MR) is 70.6 cm³/mol. The Labute approximate surface area is 116 Å². The first-order valence-corrected chi connectivity index (χ1v) is 7.09. The molecule has 20 heavy (non-hydrogen) atoms. The van der Waals surface area contributed by atoms with Gasteiger partial charge in [0, 0.05) is 12.1 Å². The van der Waals surface area contributed by atoms with Crippen molar-refractivity contribution in [2.24, 2.45) is 5.92 Å². The van der Waals surface area contributed by atoms with Gasteiger partial charge in [-0.1, -0.05) is 0 Å². The second kappa shape index (κ2) is 5.30. The van der Waals surface area contributed by atoms with Crippen molar-refractivity contribution in [3.05, 3.63) is 29.8 Å². The van der Waals surface area contributed by atoms with Crippen LogP contribution in [0.2, 0.25) is 0 Å². The fourth-order valence-corrected chi connectivity index (χ4v) is 2.56. The van der Waals surface area contributed by atoms with Gasteiger partial charge in [0.05, 0.1) is 12.1 Å². The monoisotopic (exact) mass is 283 g/mol. The molecule has 0 spiro atoms. The summed E-state index contributed by atoms with van der Waals surface area (Å²) < 4.78 is 32.2. The van der Waals surface area contributed by atoms with Crippen molar-refractivity contribution in [2.45, 2.75) is 37.3 Å². The average molecular weight is 283 g/mol. The van der Waals surface area contributed by atoms with E-state index in [1.807, 2.05) is 0 Å². The molecular formula is C15H19F2NO2. The van der Waals surface area contributed by atoms with Crippen LogP contribution < -0.4 is 10.1 Å². The number of rotatable bonds is 7. The summed E-state index contributed by atoms with van der Waals surface area (Å²) in [5.74, 6) is -0.858. The summed E-state index contributed by atoms with van der Waals surface area (Å²) in [6, 6.07) is 3.58. The first-order chi connectivity index (χ1) is 9.63. The Balaban J connectivity index is 1.71. The van der Waals surface area contributed by atoms with Crippen LogP contribution in [-0.2, 0) is 0 Å². The van der Waals surface area contributed by atoms with Crippen LogP contribution in [0.4, 0.5) is 8.78 Å². The average Bonchev–Trinajstić information content (AvgIpc) is 3.30. The van der Waals surface area contributed by atoms with Crippen molar-refractivity contribution in [1.29, 1.82) is 0 Å². The third-order valence-corrected chi connectivity index (χ3v) is 4.09. The van der Waals surface area contributed by atoms with E-state index < -0.39 is 17.2 Å². The molecule has 0 heterocycles. The molecule has 2 fully saturated rings. The molecular weight excluding hydrogens is 264 g/mol. The molecule has 1 aromatic carbocycles. The Morgan fingerprint density at radius 2 is 2.00 bits per heavy atom. The molecule has 0 bridgehead atoms. The maximum absolute atomic E-state index is 13.6. The summed E-state index contributed by atoms with van der Waals surface area (Å²) in [6.07, 6.45) is 4.27. The molecule has 0 aromatic heterocycles. The number of aliphatic hydroxyl groups excluding tert-OH is 1. The summed E-state index contributed by atoms with van der Waals surface area (Å²) in [7, 11) is 0. The summed E-state index contributed by atoms with van der Waals surface area (Å²) in [5.41, 5.74) is -0.528. The second-order valence-corrected chi connectivity index (χ2v) is 5.87. The number of halogens is 2. The van der Waals surface area contributed by atoms with Gasteiger partial charge < -0.3 is 15.2 Å². The first-order valence-electron chi connectivity index (χ1n) is 7.09. The molecule has 0 aliphatic heterocycles. The molecule has 1 atom stereocenters. The lowest BCUT2D eigenvalue weighted by Gasteiger charge is -2.33. The minimum atomic E-state index is -0.583. The fraction of sp³-hybridized carbons (Fsp3) is 0.600. The van der Waals surface area contributed by atoms with Crippen molar-refractivity contribution in [2.75, 3.05) is 13.2 Å². The molecule has 2 saturated carbocycles. The highest BCUT2D eigenvalue weighted by atomic mass is 19.1. The van der Waals surface area contributed by atoms with E-state index in [4.69, 9.17) is 4.74 Å². The van der Waals surface area contributed by atoms with E-state index in [2.05, 4.69) is 5.32 Å². The van der Waals surface area contributed by atoms with Crippen LogP contribution in [0.25, 0.3) is 0 Å². The Hall–Kier alpha value is -1.20.